The Balaban J connectivity index is 1.80. The van der Waals surface area contributed by atoms with Crippen molar-refractivity contribution < 1.29 is 17.9 Å². The van der Waals surface area contributed by atoms with Crippen molar-refractivity contribution in [1.29, 1.82) is 0 Å². The summed E-state index contributed by atoms with van der Waals surface area (Å²) < 4.78 is 33.6. The molecule has 0 radical (unpaired) electrons. The molecule has 0 heterocycles. The quantitative estimate of drug-likeness (QED) is 0.551. The highest BCUT2D eigenvalue weighted by Gasteiger charge is 2.19. The number of anilines is 2. The maximum absolute atomic E-state index is 12.9. The van der Waals surface area contributed by atoms with Gasteiger partial charge < -0.3 is 10.1 Å². The topological polar surface area (TPSA) is 84.5 Å². The van der Waals surface area contributed by atoms with Gasteiger partial charge in [-0.05, 0) is 48.4 Å². The van der Waals surface area contributed by atoms with Gasteiger partial charge in [0.2, 0.25) is 5.91 Å². The number of carbonyl (C=O) groups excluding carboxylic acids is 1. The lowest BCUT2D eigenvalue weighted by Gasteiger charge is -2.14. The van der Waals surface area contributed by atoms with Gasteiger partial charge in [0, 0.05) is 11.8 Å². The van der Waals surface area contributed by atoms with E-state index < -0.39 is 10.0 Å². The number of carbonyl (C=O) groups is 1. The van der Waals surface area contributed by atoms with E-state index in [0.717, 1.165) is 5.56 Å². The Labute approximate surface area is 176 Å². The van der Waals surface area contributed by atoms with Crippen molar-refractivity contribution in [3.05, 3.63) is 90.0 Å². The average molecular weight is 423 g/mol. The predicted octanol–water partition coefficient (Wildman–Crippen LogP) is 4.46. The monoisotopic (exact) mass is 422 g/mol. The highest BCUT2D eigenvalue weighted by molar-refractivity contribution is 7.92. The summed E-state index contributed by atoms with van der Waals surface area (Å²) in [6.45, 7) is 1.69. The number of benzene rings is 3. The second-order valence-electron chi connectivity index (χ2n) is 6.52. The van der Waals surface area contributed by atoms with Crippen LogP contribution in [-0.4, -0.2) is 21.4 Å². The zero-order valence-corrected chi connectivity index (χ0v) is 17.4. The van der Waals surface area contributed by atoms with E-state index in [4.69, 9.17) is 4.74 Å². The summed E-state index contributed by atoms with van der Waals surface area (Å²) in [4.78, 5) is 12.3. The van der Waals surface area contributed by atoms with Crippen LogP contribution >= 0.6 is 0 Å². The Morgan fingerprint density at radius 1 is 0.967 bits per heavy atom. The van der Waals surface area contributed by atoms with Crippen molar-refractivity contribution in [3.8, 4) is 5.75 Å². The second-order valence-corrected chi connectivity index (χ2v) is 8.17. The molecule has 0 saturated heterocycles. The Bertz CT molecular complexity index is 1170. The lowest BCUT2D eigenvalue weighted by Crippen LogP contribution is -2.16. The highest BCUT2D eigenvalue weighted by atomic mass is 32.2. The van der Waals surface area contributed by atoms with E-state index in [1.54, 1.807) is 49.4 Å². The normalized spacial score (nSPS) is 11.3. The number of hydrogen-bond acceptors (Lipinski definition) is 4. The van der Waals surface area contributed by atoms with Gasteiger partial charge >= 0.3 is 0 Å². The van der Waals surface area contributed by atoms with Gasteiger partial charge in [0.05, 0.1) is 17.7 Å². The molecular formula is C23H22N2O4S. The lowest BCUT2D eigenvalue weighted by atomic mass is 10.2. The number of sulfonamides is 1. The molecule has 0 fully saturated rings. The van der Waals surface area contributed by atoms with E-state index in [0.29, 0.717) is 22.7 Å². The molecule has 0 atom stereocenters. The van der Waals surface area contributed by atoms with Crippen LogP contribution in [0, 0.1) is 6.92 Å². The number of aryl methyl sites for hydroxylation is 1. The molecule has 3 aromatic rings. The van der Waals surface area contributed by atoms with Gasteiger partial charge in [-0.15, -0.1) is 0 Å². The Kier molecular flexibility index (Phi) is 6.54. The second kappa shape index (κ2) is 9.28. The number of nitrogens with one attached hydrogen (secondary N) is 2. The van der Waals surface area contributed by atoms with Crippen LogP contribution in [0.5, 0.6) is 5.75 Å². The highest BCUT2D eigenvalue weighted by Crippen LogP contribution is 2.28. The number of rotatable bonds is 7. The van der Waals surface area contributed by atoms with E-state index >= 15 is 0 Å². The van der Waals surface area contributed by atoms with E-state index in [1.165, 1.54) is 19.3 Å². The molecule has 30 heavy (non-hydrogen) atoms. The number of hydrogen-bond donors (Lipinski definition) is 2. The van der Waals surface area contributed by atoms with Crippen LogP contribution < -0.4 is 14.8 Å². The Morgan fingerprint density at radius 3 is 2.40 bits per heavy atom. The molecule has 0 spiro atoms. The third kappa shape index (κ3) is 5.27. The number of methoxy groups -OCH3 is 1. The summed E-state index contributed by atoms with van der Waals surface area (Å²) in [7, 11) is -2.42. The van der Waals surface area contributed by atoms with Crippen molar-refractivity contribution in [3.63, 3.8) is 0 Å². The van der Waals surface area contributed by atoms with Gasteiger partial charge in [0.15, 0.2) is 0 Å². The molecule has 154 valence electrons. The molecule has 1 amide bonds. The molecule has 0 saturated carbocycles. The molecule has 7 heteroatoms. The summed E-state index contributed by atoms with van der Waals surface area (Å²) in [5.74, 6) is 0.0537. The van der Waals surface area contributed by atoms with Crippen LogP contribution in [-0.2, 0) is 14.8 Å². The van der Waals surface area contributed by atoms with Crippen molar-refractivity contribution in [2.45, 2.75) is 11.8 Å². The molecule has 0 bridgehead atoms. The van der Waals surface area contributed by atoms with Gasteiger partial charge in [-0.1, -0.05) is 48.5 Å². The van der Waals surface area contributed by atoms with Crippen LogP contribution in [0.3, 0.4) is 0 Å². The third-order valence-electron chi connectivity index (χ3n) is 4.32. The van der Waals surface area contributed by atoms with Gasteiger partial charge in [0.25, 0.3) is 10.0 Å². The molecule has 3 rings (SSSR count). The van der Waals surface area contributed by atoms with Gasteiger partial charge in [-0.2, -0.15) is 0 Å². The van der Waals surface area contributed by atoms with Crippen LogP contribution in [0.25, 0.3) is 6.08 Å². The predicted molar refractivity (Wildman–Crippen MR) is 119 cm³/mol. The first-order valence-electron chi connectivity index (χ1n) is 9.19. The van der Waals surface area contributed by atoms with Crippen LogP contribution in [0.1, 0.15) is 11.1 Å². The minimum Gasteiger partial charge on any atom is -0.495 e. The largest absolute Gasteiger partial charge is 0.495 e. The molecule has 6 nitrogen and oxygen atoms in total. The number of ether oxygens (including phenoxy) is 1. The Hall–Kier alpha value is -3.58. The first kappa shape index (κ1) is 21.1. The number of amides is 1. The zero-order chi connectivity index (χ0) is 21.6. The smallest absolute Gasteiger partial charge is 0.262 e. The van der Waals surface area contributed by atoms with Crippen molar-refractivity contribution in [2.24, 2.45) is 0 Å². The van der Waals surface area contributed by atoms with Crippen LogP contribution in [0.2, 0.25) is 0 Å². The summed E-state index contributed by atoms with van der Waals surface area (Å²) >= 11 is 0. The summed E-state index contributed by atoms with van der Waals surface area (Å²) in [6, 6.07) is 20.9. The fourth-order valence-electron chi connectivity index (χ4n) is 2.82. The molecule has 0 aliphatic rings. The SMILES string of the molecule is COc1ccccc1NS(=O)(=O)c1cc(NC(=O)/C=C/c2ccccc2)ccc1C. The summed E-state index contributed by atoms with van der Waals surface area (Å²) in [6.07, 6.45) is 3.08. The third-order valence-corrected chi connectivity index (χ3v) is 5.83. The summed E-state index contributed by atoms with van der Waals surface area (Å²) in [5, 5.41) is 2.70. The van der Waals surface area contributed by atoms with Gasteiger partial charge in [-0.3, -0.25) is 9.52 Å². The first-order chi connectivity index (χ1) is 14.4. The fourth-order valence-corrected chi connectivity index (χ4v) is 4.16. The Morgan fingerprint density at radius 2 is 1.67 bits per heavy atom. The average Bonchev–Trinajstić information content (AvgIpc) is 2.74. The van der Waals surface area contributed by atoms with Crippen LogP contribution in [0.4, 0.5) is 11.4 Å². The fraction of sp³-hybridized carbons (Fsp3) is 0.0870. The molecule has 3 aromatic carbocycles. The minimum atomic E-state index is -3.89. The van der Waals surface area contributed by atoms with E-state index in [2.05, 4.69) is 10.0 Å². The van der Waals surface area contributed by atoms with Crippen molar-refractivity contribution in [1.82, 2.24) is 0 Å². The first-order valence-corrected chi connectivity index (χ1v) is 10.7. The maximum Gasteiger partial charge on any atom is 0.262 e. The van der Waals surface area contributed by atoms with Gasteiger partial charge in [0.1, 0.15) is 5.75 Å². The van der Waals surface area contributed by atoms with Gasteiger partial charge in [-0.25, -0.2) is 8.42 Å². The standard InChI is InChI=1S/C23H22N2O4S/c1-17-12-14-19(24-23(26)15-13-18-8-4-3-5-9-18)16-22(17)30(27,28)25-20-10-6-7-11-21(20)29-2/h3-16,25H,1-2H3,(H,24,26)/b15-13+. The molecule has 0 unspecified atom stereocenters. The van der Waals surface area contributed by atoms with E-state index in [-0.39, 0.29) is 10.8 Å². The van der Waals surface area contributed by atoms with Crippen molar-refractivity contribution in [2.75, 3.05) is 17.1 Å². The van der Waals surface area contributed by atoms with Crippen LogP contribution in [0.15, 0.2) is 83.8 Å². The lowest BCUT2D eigenvalue weighted by molar-refractivity contribution is -0.111. The molecular weight excluding hydrogens is 400 g/mol. The summed E-state index contributed by atoms with van der Waals surface area (Å²) in [5.41, 5.74) is 2.15. The zero-order valence-electron chi connectivity index (χ0n) is 16.6. The maximum atomic E-state index is 12.9. The minimum absolute atomic E-state index is 0.0678. The van der Waals surface area contributed by atoms with E-state index in [9.17, 15) is 13.2 Å². The molecule has 0 aromatic heterocycles. The molecule has 0 aliphatic heterocycles. The molecule has 0 aliphatic carbocycles. The molecule has 2 N–H and O–H groups in total. The number of para-hydroxylation sites is 2. The van der Waals surface area contributed by atoms with Crippen molar-refractivity contribution >= 4 is 33.4 Å². The van der Waals surface area contributed by atoms with E-state index in [1.807, 2.05) is 30.3 Å².